The second-order valence-corrected chi connectivity index (χ2v) is 9.46. The summed E-state index contributed by atoms with van der Waals surface area (Å²) in [5, 5.41) is 0.728. The first-order valence-corrected chi connectivity index (χ1v) is 11.5. The van der Waals surface area contributed by atoms with E-state index in [0.29, 0.717) is 48.2 Å². The summed E-state index contributed by atoms with van der Waals surface area (Å²) >= 11 is 12.1. The van der Waals surface area contributed by atoms with Crippen LogP contribution in [0.1, 0.15) is 23.2 Å². The molecule has 7 nitrogen and oxygen atoms in total. The van der Waals surface area contributed by atoms with Crippen molar-refractivity contribution in [1.29, 1.82) is 0 Å². The predicted octanol–water partition coefficient (Wildman–Crippen LogP) is 3.36. The van der Waals surface area contributed by atoms with Crippen molar-refractivity contribution in [3.8, 4) is 0 Å². The second kappa shape index (κ2) is 9.23. The molecule has 4 rings (SSSR count). The number of piperidine rings is 1. The third kappa shape index (κ3) is 4.39. The minimum absolute atomic E-state index is 0.0306. The van der Waals surface area contributed by atoms with E-state index in [-0.39, 0.29) is 24.3 Å². The molecule has 2 aliphatic rings. The molecule has 9 heteroatoms. The van der Waals surface area contributed by atoms with Gasteiger partial charge in [0.1, 0.15) is 12.1 Å². The maximum absolute atomic E-state index is 13.6. The number of rotatable bonds is 4. The Morgan fingerprint density at radius 3 is 2.27 bits per heavy atom. The molecule has 0 atom stereocenters. The highest BCUT2D eigenvalue weighted by Gasteiger charge is 2.54. The quantitative estimate of drug-likeness (QED) is 0.661. The third-order valence-corrected chi connectivity index (χ3v) is 7.19. The normalized spacial score (nSPS) is 17.6. The first kappa shape index (κ1) is 23.4. The van der Waals surface area contributed by atoms with Gasteiger partial charge in [0, 0.05) is 38.4 Å². The number of likely N-dealkylation sites (tertiary alicyclic amines) is 1. The van der Waals surface area contributed by atoms with Crippen LogP contribution in [0.3, 0.4) is 0 Å². The minimum Gasteiger partial charge on any atom is -0.347 e. The van der Waals surface area contributed by atoms with Gasteiger partial charge >= 0.3 is 0 Å². The van der Waals surface area contributed by atoms with Gasteiger partial charge in [0.25, 0.3) is 11.8 Å². The zero-order chi connectivity index (χ0) is 23.8. The van der Waals surface area contributed by atoms with Crippen molar-refractivity contribution in [2.24, 2.45) is 0 Å². The summed E-state index contributed by atoms with van der Waals surface area (Å²) in [7, 11) is 3.36. The number of carbonyl (C=O) groups excluding carboxylic acids is 3. The Morgan fingerprint density at radius 1 is 1.00 bits per heavy atom. The third-order valence-electron chi connectivity index (χ3n) is 6.45. The van der Waals surface area contributed by atoms with Crippen LogP contribution >= 0.6 is 23.2 Å². The van der Waals surface area contributed by atoms with Gasteiger partial charge in [-0.05, 0) is 43.2 Å². The van der Waals surface area contributed by atoms with Crippen molar-refractivity contribution < 1.29 is 14.4 Å². The SMILES string of the molecule is CN(C)C(=O)CN1CN(c2ccccc2)C2(CCN(C(=O)c3ccc(Cl)c(Cl)c3)CC2)C1=O. The van der Waals surface area contributed by atoms with Crippen molar-refractivity contribution in [2.75, 3.05) is 45.3 Å². The van der Waals surface area contributed by atoms with Gasteiger partial charge in [-0.2, -0.15) is 0 Å². The number of nitrogens with zero attached hydrogens (tertiary/aromatic N) is 4. The topological polar surface area (TPSA) is 64.2 Å². The van der Waals surface area contributed by atoms with Crippen LogP contribution in [0, 0.1) is 0 Å². The van der Waals surface area contributed by atoms with E-state index < -0.39 is 5.54 Å². The van der Waals surface area contributed by atoms with Crippen LogP contribution in [0.5, 0.6) is 0 Å². The molecule has 0 unspecified atom stereocenters. The molecule has 2 heterocycles. The van der Waals surface area contributed by atoms with Crippen LogP contribution in [0.25, 0.3) is 0 Å². The zero-order valence-electron chi connectivity index (χ0n) is 18.6. The molecule has 0 aliphatic carbocycles. The van der Waals surface area contributed by atoms with Gasteiger partial charge in [-0.3, -0.25) is 14.4 Å². The Balaban J connectivity index is 1.57. The molecule has 3 amide bonds. The van der Waals surface area contributed by atoms with Crippen molar-refractivity contribution in [3.05, 3.63) is 64.1 Å². The molecule has 0 radical (unpaired) electrons. The highest BCUT2D eigenvalue weighted by atomic mass is 35.5. The highest BCUT2D eigenvalue weighted by Crippen LogP contribution is 2.39. The van der Waals surface area contributed by atoms with Crippen LogP contribution in [0.2, 0.25) is 10.0 Å². The Labute approximate surface area is 203 Å². The molecular weight excluding hydrogens is 463 g/mol. The maximum atomic E-state index is 13.6. The van der Waals surface area contributed by atoms with E-state index >= 15 is 0 Å². The van der Waals surface area contributed by atoms with Gasteiger partial charge in [0.15, 0.2) is 0 Å². The zero-order valence-corrected chi connectivity index (χ0v) is 20.1. The van der Waals surface area contributed by atoms with E-state index in [0.717, 1.165) is 5.69 Å². The van der Waals surface area contributed by atoms with E-state index in [1.807, 2.05) is 30.3 Å². The lowest BCUT2D eigenvalue weighted by Crippen LogP contribution is -2.57. The largest absolute Gasteiger partial charge is 0.347 e. The molecule has 2 aliphatic heterocycles. The number of likely N-dealkylation sites (N-methyl/N-ethyl adjacent to an activating group) is 1. The summed E-state index contributed by atoms with van der Waals surface area (Å²) in [6, 6.07) is 14.6. The number of hydrogen-bond acceptors (Lipinski definition) is 4. The molecule has 0 saturated carbocycles. The lowest BCUT2D eigenvalue weighted by Gasteiger charge is -2.43. The van der Waals surface area contributed by atoms with Crippen molar-refractivity contribution in [2.45, 2.75) is 18.4 Å². The number of benzene rings is 2. The molecule has 2 fully saturated rings. The molecule has 2 aromatic carbocycles. The minimum atomic E-state index is -0.789. The molecular formula is C24H26Cl2N4O3. The van der Waals surface area contributed by atoms with Gasteiger partial charge < -0.3 is 19.6 Å². The molecule has 2 saturated heterocycles. The molecule has 0 N–H and O–H groups in total. The lowest BCUT2D eigenvalue weighted by atomic mass is 9.85. The predicted molar refractivity (Wildman–Crippen MR) is 129 cm³/mol. The van der Waals surface area contributed by atoms with Crippen LogP contribution < -0.4 is 4.90 Å². The number of para-hydroxylation sites is 1. The molecule has 0 aromatic heterocycles. The number of anilines is 1. The molecule has 174 valence electrons. The highest BCUT2D eigenvalue weighted by molar-refractivity contribution is 6.42. The van der Waals surface area contributed by atoms with E-state index in [4.69, 9.17) is 23.2 Å². The Bertz CT molecular complexity index is 1070. The number of amides is 3. The Morgan fingerprint density at radius 2 is 1.67 bits per heavy atom. The molecule has 2 aromatic rings. The molecule has 33 heavy (non-hydrogen) atoms. The first-order chi connectivity index (χ1) is 15.7. The van der Waals surface area contributed by atoms with Crippen molar-refractivity contribution >= 4 is 46.6 Å². The maximum Gasteiger partial charge on any atom is 0.253 e. The summed E-state index contributed by atoms with van der Waals surface area (Å²) in [6.07, 6.45) is 0.945. The fourth-order valence-electron chi connectivity index (χ4n) is 4.52. The van der Waals surface area contributed by atoms with Crippen molar-refractivity contribution in [3.63, 3.8) is 0 Å². The monoisotopic (exact) mass is 488 g/mol. The van der Waals surface area contributed by atoms with Gasteiger partial charge in [-0.25, -0.2) is 0 Å². The standard InChI is InChI=1S/C24H26Cl2N4O3/c1-27(2)21(31)15-29-16-30(18-6-4-3-5-7-18)24(23(29)33)10-12-28(13-11-24)22(32)17-8-9-19(25)20(26)14-17/h3-9,14H,10-13,15-16H2,1-2H3. The number of halogens is 2. The van der Waals surface area contributed by atoms with Crippen molar-refractivity contribution in [1.82, 2.24) is 14.7 Å². The fraction of sp³-hybridized carbons (Fsp3) is 0.375. The molecule has 1 spiro atoms. The number of hydrogen-bond donors (Lipinski definition) is 0. The van der Waals surface area contributed by atoms with Gasteiger partial charge in [-0.1, -0.05) is 41.4 Å². The van der Waals surface area contributed by atoms with Crippen LogP contribution in [-0.2, 0) is 9.59 Å². The fourth-order valence-corrected chi connectivity index (χ4v) is 4.82. The average molecular weight is 489 g/mol. The van der Waals surface area contributed by atoms with E-state index in [1.165, 1.54) is 4.90 Å². The van der Waals surface area contributed by atoms with Gasteiger partial charge in [-0.15, -0.1) is 0 Å². The smallest absolute Gasteiger partial charge is 0.253 e. The molecule has 0 bridgehead atoms. The van der Waals surface area contributed by atoms with E-state index in [1.54, 1.807) is 42.1 Å². The summed E-state index contributed by atoms with van der Waals surface area (Å²) in [6.45, 7) is 1.21. The van der Waals surface area contributed by atoms with Gasteiger partial charge in [0.2, 0.25) is 5.91 Å². The lowest BCUT2D eigenvalue weighted by molar-refractivity contribution is -0.139. The summed E-state index contributed by atoms with van der Waals surface area (Å²) in [5.74, 6) is -0.330. The van der Waals surface area contributed by atoms with Crippen LogP contribution in [0.15, 0.2) is 48.5 Å². The summed E-state index contributed by atoms with van der Waals surface area (Å²) in [4.78, 5) is 46.0. The Hall–Kier alpha value is -2.77. The van der Waals surface area contributed by atoms with E-state index in [9.17, 15) is 14.4 Å². The average Bonchev–Trinajstić information content (AvgIpc) is 3.07. The van der Waals surface area contributed by atoms with Gasteiger partial charge in [0.05, 0.1) is 16.7 Å². The second-order valence-electron chi connectivity index (χ2n) is 8.65. The Kier molecular flexibility index (Phi) is 6.54. The van der Waals surface area contributed by atoms with E-state index in [2.05, 4.69) is 4.90 Å². The number of carbonyl (C=O) groups is 3. The first-order valence-electron chi connectivity index (χ1n) is 10.8. The van der Waals surface area contributed by atoms with Crippen LogP contribution in [0.4, 0.5) is 5.69 Å². The summed E-state index contributed by atoms with van der Waals surface area (Å²) in [5.41, 5.74) is 0.605. The summed E-state index contributed by atoms with van der Waals surface area (Å²) < 4.78 is 0. The van der Waals surface area contributed by atoms with Crippen LogP contribution in [-0.4, -0.2) is 78.4 Å².